The van der Waals surface area contributed by atoms with E-state index in [4.69, 9.17) is 21.3 Å². The Hall–Kier alpha value is -3.02. The first-order valence-electron chi connectivity index (χ1n) is 16.1. The largest absolute Gasteiger partial charge is 0.465 e. The molecule has 2 N–H and O–H groups in total. The van der Waals surface area contributed by atoms with Gasteiger partial charge in [0.15, 0.2) is 11.5 Å². The molecule has 4 aromatic rings. The van der Waals surface area contributed by atoms with Crippen molar-refractivity contribution >= 4 is 50.7 Å². The number of rotatable bonds is 18. The number of ether oxygens (including phenoxy) is 1. The molecule has 0 unspecified atom stereocenters. The quantitative estimate of drug-likeness (QED) is 0.0609. The standard InChI is InChI=1S/C34H46ClN5O4S2/c1-5-6-7-8-9-10-11-12-13-14-22-44-29(41)24-45-30-31(34(2,3)4)37-40-33(30)36-32(38-40)25-18-20-27(21-19-25)39-46(42,43)28-17-15-16-26(35)23-28/h15-21,23,37,39H,5-14,22,24H2,1-4H3. The van der Waals surface area contributed by atoms with Crippen molar-refractivity contribution in [1.82, 2.24) is 19.8 Å². The molecule has 2 aromatic heterocycles. The Bertz CT molecular complexity index is 1680. The lowest BCUT2D eigenvalue weighted by atomic mass is 9.92. The van der Waals surface area contributed by atoms with E-state index in [0.29, 0.717) is 34.4 Å². The molecule has 0 aliphatic heterocycles. The van der Waals surface area contributed by atoms with E-state index in [1.165, 1.54) is 75.3 Å². The molecule has 0 radical (unpaired) electrons. The fourth-order valence-corrected chi connectivity index (χ4v) is 7.52. The molecule has 2 heterocycles. The van der Waals surface area contributed by atoms with Crippen LogP contribution in [-0.4, -0.2) is 46.6 Å². The number of aromatic nitrogens is 4. The number of H-pyrrole nitrogens is 1. The van der Waals surface area contributed by atoms with Crippen LogP contribution in [0.2, 0.25) is 5.02 Å². The monoisotopic (exact) mass is 687 g/mol. The molecule has 0 amide bonds. The van der Waals surface area contributed by atoms with Gasteiger partial charge in [-0.25, -0.2) is 13.4 Å². The van der Waals surface area contributed by atoms with Crippen LogP contribution in [0, 0.1) is 0 Å². The number of sulfonamides is 1. The topological polar surface area (TPSA) is 118 Å². The molecule has 0 atom stereocenters. The number of thioether (sulfide) groups is 1. The average Bonchev–Trinajstić information content (AvgIpc) is 3.58. The van der Waals surface area contributed by atoms with Crippen molar-refractivity contribution in [1.29, 1.82) is 0 Å². The molecule has 0 fully saturated rings. The zero-order valence-corrected chi connectivity index (χ0v) is 29.7. The van der Waals surface area contributed by atoms with Crippen molar-refractivity contribution in [2.75, 3.05) is 17.1 Å². The lowest BCUT2D eigenvalue weighted by molar-refractivity contribution is -0.140. The number of aromatic amines is 1. The molecule has 4 rings (SSSR count). The van der Waals surface area contributed by atoms with Crippen LogP contribution in [0.25, 0.3) is 17.0 Å². The van der Waals surface area contributed by atoms with Gasteiger partial charge in [-0.2, -0.15) is 4.63 Å². The number of carbonyl (C=O) groups is 1. The summed E-state index contributed by atoms with van der Waals surface area (Å²) < 4.78 is 35.3. The molecule has 250 valence electrons. The second-order valence-electron chi connectivity index (χ2n) is 12.6. The summed E-state index contributed by atoms with van der Waals surface area (Å²) in [5, 5.41) is 8.33. The van der Waals surface area contributed by atoms with E-state index < -0.39 is 10.0 Å². The Balaban J connectivity index is 1.33. The number of nitrogens with one attached hydrogen (secondary N) is 2. The van der Waals surface area contributed by atoms with Gasteiger partial charge in [0.2, 0.25) is 0 Å². The first kappa shape index (κ1) is 35.8. The van der Waals surface area contributed by atoms with Crippen molar-refractivity contribution in [2.45, 2.75) is 107 Å². The number of halogens is 1. The Labute approximate surface area is 282 Å². The van der Waals surface area contributed by atoms with Gasteiger partial charge in [-0.05, 0) is 48.9 Å². The number of carbonyl (C=O) groups excluding carboxylic acids is 1. The van der Waals surface area contributed by atoms with Gasteiger partial charge >= 0.3 is 5.97 Å². The van der Waals surface area contributed by atoms with Gasteiger partial charge in [0, 0.05) is 21.7 Å². The average molecular weight is 688 g/mol. The van der Waals surface area contributed by atoms with E-state index in [1.807, 2.05) is 0 Å². The van der Waals surface area contributed by atoms with Crippen molar-refractivity contribution < 1.29 is 17.9 Å². The van der Waals surface area contributed by atoms with Gasteiger partial charge in [-0.15, -0.1) is 16.9 Å². The van der Waals surface area contributed by atoms with E-state index in [1.54, 1.807) is 41.0 Å². The van der Waals surface area contributed by atoms with Crippen LogP contribution in [-0.2, 0) is 25.0 Å². The molecule has 0 aliphatic rings. The first-order valence-corrected chi connectivity index (χ1v) is 19.0. The predicted molar refractivity (Wildman–Crippen MR) is 187 cm³/mol. The van der Waals surface area contributed by atoms with Crippen LogP contribution in [0.15, 0.2) is 58.3 Å². The highest BCUT2D eigenvalue weighted by Crippen LogP contribution is 2.35. The third-order valence-electron chi connectivity index (χ3n) is 7.60. The van der Waals surface area contributed by atoms with Crippen LogP contribution in [0.4, 0.5) is 5.69 Å². The third kappa shape index (κ3) is 10.2. The summed E-state index contributed by atoms with van der Waals surface area (Å²) in [6.45, 7) is 8.97. The molecular formula is C34H46ClN5O4S2. The summed E-state index contributed by atoms with van der Waals surface area (Å²) in [4.78, 5) is 18.3. The lowest BCUT2D eigenvalue weighted by Crippen LogP contribution is -2.14. The maximum absolute atomic E-state index is 12.8. The van der Waals surface area contributed by atoms with Crippen LogP contribution in [0.3, 0.4) is 0 Å². The van der Waals surface area contributed by atoms with Gasteiger partial charge in [0.05, 0.1) is 27.8 Å². The second kappa shape index (κ2) is 16.7. The number of unbranched alkanes of at least 4 members (excludes halogenated alkanes) is 9. The molecule has 12 heteroatoms. The molecule has 0 spiro atoms. The first-order chi connectivity index (χ1) is 22.0. The highest BCUT2D eigenvalue weighted by Gasteiger charge is 2.26. The lowest BCUT2D eigenvalue weighted by Gasteiger charge is -2.18. The highest BCUT2D eigenvalue weighted by molar-refractivity contribution is 8.00. The number of benzene rings is 2. The normalized spacial score (nSPS) is 12.1. The molecular weight excluding hydrogens is 642 g/mol. The van der Waals surface area contributed by atoms with Crippen LogP contribution < -0.4 is 4.72 Å². The SMILES string of the molecule is CCCCCCCCCCCCOC(=O)CSc1c(C(C)(C)C)[nH]n2nc(-c3ccc(NS(=O)(=O)c4cccc(Cl)c4)cc3)nc12. The fourth-order valence-electron chi connectivity index (χ4n) is 5.06. The van der Waals surface area contributed by atoms with Gasteiger partial charge in [-0.1, -0.05) is 103 Å². The van der Waals surface area contributed by atoms with E-state index >= 15 is 0 Å². The predicted octanol–water partition coefficient (Wildman–Crippen LogP) is 9.03. The molecule has 0 aliphatic carbocycles. The van der Waals surface area contributed by atoms with Crippen molar-refractivity contribution in [3.05, 3.63) is 59.2 Å². The van der Waals surface area contributed by atoms with Crippen LogP contribution >= 0.6 is 23.4 Å². The smallest absolute Gasteiger partial charge is 0.316 e. The number of hydrogen-bond donors (Lipinski definition) is 2. The van der Waals surface area contributed by atoms with E-state index in [2.05, 4.69) is 42.6 Å². The Morgan fingerprint density at radius 3 is 2.26 bits per heavy atom. The van der Waals surface area contributed by atoms with Gasteiger partial charge < -0.3 is 4.74 Å². The zero-order chi connectivity index (χ0) is 33.2. The van der Waals surface area contributed by atoms with Gasteiger partial charge in [0.25, 0.3) is 10.0 Å². The minimum Gasteiger partial charge on any atom is -0.465 e. The summed E-state index contributed by atoms with van der Waals surface area (Å²) in [5.41, 5.74) is 2.44. The zero-order valence-electron chi connectivity index (χ0n) is 27.3. The van der Waals surface area contributed by atoms with E-state index in [9.17, 15) is 13.2 Å². The Morgan fingerprint density at radius 1 is 0.978 bits per heavy atom. The van der Waals surface area contributed by atoms with Crippen molar-refractivity contribution in [3.63, 3.8) is 0 Å². The Kier molecular flexibility index (Phi) is 13.0. The maximum atomic E-state index is 12.8. The Morgan fingerprint density at radius 2 is 1.63 bits per heavy atom. The van der Waals surface area contributed by atoms with Gasteiger partial charge in [0.1, 0.15) is 0 Å². The van der Waals surface area contributed by atoms with E-state index in [0.717, 1.165) is 23.4 Å². The summed E-state index contributed by atoms with van der Waals surface area (Å²) in [5.74, 6) is 0.412. The summed E-state index contributed by atoms with van der Waals surface area (Å²) in [6, 6.07) is 12.9. The van der Waals surface area contributed by atoms with Crippen molar-refractivity contribution in [2.24, 2.45) is 0 Å². The molecule has 0 saturated heterocycles. The third-order valence-corrected chi connectivity index (χ3v) is 10.3. The van der Waals surface area contributed by atoms with Crippen LogP contribution in [0.5, 0.6) is 0 Å². The molecule has 2 aromatic carbocycles. The number of nitrogens with zero attached hydrogens (tertiary/aromatic N) is 3. The van der Waals surface area contributed by atoms with Gasteiger partial charge in [-0.3, -0.25) is 14.6 Å². The number of anilines is 1. The number of hydrogen-bond acceptors (Lipinski definition) is 7. The number of esters is 1. The minimum absolute atomic E-state index is 0.0801. The molecule has 0 bridgehead atoms. The second-order valence-corrected chi connectivity index (χ2v) is 15.7. The summed E-state index contributed by atoms with van der Waals surface area (Å²) in [7, 11) is -3.79. The molecule has 9 nitrogen and oxygen atoms in total. The molecule has 0 saturated carbocycles. The fraction of sp³-hybridized carbons (Fsp3) is 0.500. The van der Waals surface area contributed by atoms with Crippen molar-refractivity contribution in [3.8, 4) is 11.4 Å². The van der Waals surface area contributed by atoms with Crippen LogP contribution in [0.1, 0.15) is 97.6 Å². The summed E-state index contributed by atoms with van der Waals surface area (Å²) >= 11 is 7.37. The van der Waals surface area contributed by atoms with E-state index in [-0.39, 0.29) is 22.0 Å². The minimum atomic E-state index is -3.79. The summed E-state index contributed by atoms with van der Waals surface area (Å²) in [6.07, 6.45) is 12.3. The number of fused-ring (bicyclic) bond motifs is 1. The highest BCUT2D eigenvalue weighted by atomic mass is 35.5. The maximum Gasteiger partial charge on any atom is 0.316 e. The molecule has 46 heavy (non-hydrogen) atoms.